The van der Waals surface area contributed by atoms with Crippen molar-refractivity contribution in [2.75, 3.05) is 6.54 Å². The van der Waals surface area contributed by atoms with Crippen LogP contribution < -0.4 is 5.32 Å². The molecule has 0 aromatic heterocycles. The Hall–Kier alpha value is -2.68. The van der Waals surface area contributed by atoms with Gasteiger partial charge in [0.25, 0.3) is 5.91 Å². The lowest BCUT2D eigenvalue weighted by Gasteiger charge is -2.09. The predicted octanol–water partition coefficient (Wildman–Crippen LogP) is 3.95. The molecule has 0 atom stereocenters. The fourth-order valence-electron chi connectivity index (χ4n) is 2.52. The minimum Gasteiger partial charge on any atom is -0.352 e. The highest BCUT2D eigenvalue weighted by Crippen LogP contribution is 2.21. The third kappa shape index (κ3) is 2.98. The van der Waals surface area contributed by atoms with Gasteiger partial charge in [0, 0.05) is 17.5 Å². The van der Waals surface area contributed by atoms with Crippen LogP contribution in [0.5, 0.6) is 0 Å². The molecule has 3 heteroatoms. The third-order valence-corrected chi connectivity index (χ3v) is 3.66. The molecule has 0 aliphatic carbocycles. The molecule has 0 saturated carbocycles. The van der Waals surface area contributed by atoms with Crippen molar-refractivity contribution in [1.82, 2.24) is 5.32 Å². The zero-order valence-electron chi connectivity index (χ0n) is 12.1. The van der Waals surface area contributed by atoms with Gasteiger partial charge in [0.2, 0.25) is 0 Å². The summed E-state index contributed by atoms with van der Waals surface area (Å²) >= 11 is 0. The molecule has 0 fully saturated rings. The lowest BCUT2D eigenvalue weighted by molar-refractivity contribution is 0.0956. The van der Waals surface area contributed by atoms with E-state index in [2.05, 4.69) is 5.32 Å². The molecule has 0 spiro atoms. The topological polar surface area (TPSA) is 29.1 Å². The molecule has 0 aliphatic heterocycles. The molecule has 3 rings (SSSR count). The molecule has 22 heavy (non-hydrogen) atoms. The van der Waals surface area contributed by atoms with E-state index >= 15 is 0 Å². The summed E-state index contributed by atoms with van der Waals surface area (Å²) in [6, 6.07) is 19.9. The monoisotopic (exact) mass is 293 g/mol. The van der Waals surface area contributed by atoms with Gasteiger partial charge in [0.1, 0.15) is 5.82 Å². The van der Waals surface area contributed by atoms with Crippen molar-refractivity contribution in [2.24, 2.45) is 0 Å². The molecule has 0 heterocycles. The molecule has 0 radical (unpaired) electrons. The summed E-state index contributed by atoms with van der Waals surface area (Å²) in [7, 11) is 0. The number of carbonyl (C=O) groups excluding carboxylic acids is 1. The number of halogens is 1. The molecular formula is C19H16FNO. The first kappa shape index (κ1) is 14.3. The maximum absolute atomic E-state index is 13.8. The first-order chi connectivity index (χ1) is 10.8. The summed E-state index contributed by atoms with van der Waals surface area (Å²) in [6.07, 6.45) is 0.770. The van der Waals surface area contributed by atoms with E-state index in [1.807, 2.05) is 36.4 Å². The number of hydrogen-bond acceptors (Lipinski definition) is 1. The Morgan fingerprint density at radius 2 is 1.55 bits per heavy atom. The Kier molecular flexibility index (Phi) is 4.15. The summed E-state index contributed by atoms with van der Waals surface area (Å²) in [6.45, 7) is 0.550. The number of amides is 1. The van der Waals surface area contributed by atoms with E-state index in [0.717, 1.165) is 6.42 Å². The van der Waals surface area contributed by atoms with Crippen LogP contribution >= 0.6 is 0 Å². The molecule has 1 amide bonds. The maximum atomic E-state index is 13.8. The van der Waals surface area contributed by atoms with Crippen LogP contribution in [-0.2, 0) is 6.42 Å². The Morgan fingerprint density at radius 3 is 2.32 bits per heavy atom. The number of carbonyl (C=O) groups is 1. The lowest BCUT2D eigenvalue weighted by atomic mass is 10.0. The van der Waals surface area contributed by atoms with E-state index < -0.39 is 0 Å². The quantitative estimate of drug-likeness (QED) is 0.775. The second kappa shape index (κ2) is 6.39. The van der Waals surface area contributed by atoms with Crippen molar-refractivity contribution in [3.8, 4) is 0 Å². The van der Waals surface area contributed by atoms with Gasteiger partial charge in [-0.15, -0.1) is 0 Å². The zero-order chi connectivity index (χ0) is 15.4. The van der Waals surface area contributed by atoms with Crippen LogP contribution in [-0.4, -0.2) is 12.5 Å². The number of fused-ring (bicyclic) bond motifs is 1. The number of rotatable bonds is 4. The summed E-state index contributed by atoms with van der Waals surface area (Å²) in [5, 5.41) is 4.01. The van der Waals surface area contributed by atoms with E-state index in [9.17, 15) is 9.18 Å². The average molecular weight is 293 g/mol. The largest absolute Gasteiger partial charge is 0.352 e. The highest BCUT2D eigenvalue weighted by Gasteiger charge is 2.11. The molecule has 0 saturated heterocycles. The average Bonchev–Trinajstić information content (AvgIpc) is 2.56. The standard InChI is InChI=1S/C19H16FNO/c20-18-11-10-17(15-8-4-5-9-16(15)18)19(22)21-13-12-14-6-2-1-3-7-14/h1-11H,12-13H2,(H,21,22). The first-order valence-electron chi connectivity index (χ1n) is 7.25. The summed E-state index contributed by atoms with van der Waals surface area (Å²) in [4.78, 5) is 12.3. The summed E-state index contributed by atoms with van der Waals surface area (Å²) < 4.78 is 13.8. The molecule has 1 N–H and O–H groups in total. The Labute approximate surface area is 128 Å². The smallest absolute Gasteiger partial charge is 0.251 e. The third-order valence-electron chi connectivity index (χ3n) is 3.66. The highest BCUT2D eigenvalue weighted by atomic mass is 19.1. The molecule has 0 aliphatic rings. The van der Waals surface area contributed by atoms with E-state index in [1.165, 1.54) is 17.7 Å². The molecular weight excluding hydrogens is 277 g/mol. The second-order valence-corrected chi connectivity index (χ2v) is 5.13. The van der Waals surface area contributed by atoms with E-state index in [1.54, 1.807) is 18.2 Å². The minimum absolute atomic E-state index is 0.174. The van der Waals surface area contributed by atoms with Crippen LogP contribution in [0, 0.1) is 5.82 Å². The van der Waals surface area contributed by atoms with Gasteiger partial charge in [0.15, 0.2) is 0 Å². The van der Waals surface area contributed by atoms with Gasteiger partial charge in [-0.3, -0.25) is 4.79 Å². The number of benzene rings is 3. The van der Waals surface area contributed by atoms with Crippen molar-refractivity contribution in [3.63, 3.8) is 0 Å². The molecule has 3 aromatic carbocycles. The van der Waals surface area contributed by atoms with Crippen LogP contribution in [0.4, 0.5) is 4.39 Å². The van der Waals surface area contributed by atoms with Crippen molar-refractivity contribution >= 4 is 16.7 Å². The summed E-state index contributed by atoms with van der Waals surface area (Å²) in [5.74, 6) is -0.483. The van der Waals surface area contributed by atoms with E-state index in [4.69, 9.17) is 0 Å². The van der Waals surface area contributed by atoms with Gasteiger partial charge in [0.05, 0.1) is 0 Å². The van der Waals surface area contributed by atoms with Gasteiger partial charge in [-0.2, -0.15) is 0 Å². The predicted molar refractivity (Wildman–Crippen MR) is 86.4 cm³/mol. The number of nitrogens with one attached hydrogen (secondary N) is 1. The van der Waals surface area contributed by atoms with Gasteiger partial charge >= 0.3 is 0 Å². The summed E-state index contributed by atoms with van der Waals surface area (Å²) in [5.41, 5.74) is 1.68. The van der Waals surface area contributed by atoms with E-state index in [-0.39, 0.29) is 11.7 Å². The van der Waals surface area contributed by atoms with Gasteiger partial charge in [-0.05, 0) is 29.5 Å². The second-order valence-electron chi connectivity index (χ2n) is 5.13. The van der Waals surface area contributed by atoms with Crippen LogP contribution in [0.3, 0.4) is 0 Å². The fraction of sp³-hybridized carbons (Fsp3) is 0.105. The van der Waals surface area contributed by atoms with Gasteiger partial charge in [-0.1, -0.05) is 54.6 Å². The Balaban J connectivity index is 1.74. The zero-order valence-corrected chi connectivity index (χ0v) is 12.1. The number of hydrogen-bond donors (Lipinski definition) is 1. The van der Waals surface area contributed by atoms with Crippen LogP contribution in [0.15, 0.2) is 66.7 Å². The van der Waals surface area contributed by atoms with Gasteiger partial charge in [-0.25, -0.2) is 4.39 Å². The Bertz CT molecular complexity index is 799. The van der Waals surface area contributed by atoms with Crippen molar-refractivity contribution in [3.05, 3.63) is 83.7 Å². The van der Waals surface area contributed by atoms with E-state index in [0.29, 0.717) is 22.9 Å². The van der Waals surface area contributed by atoms with Gasteiger partial charge < -0.3 is 5.32 Å². The Morgan fingerprint density at radius 1 is 0.864 bits per heavy atom. The molecule has 3 aromatic rings. The molecule has 0 unspecified atom stereocenters. The molecule has 2 nitrogen and oxygen atoms in total. The minimum atomic E-state index is -0.309. The van der Waals surface area contributed by atoms with Crippen molar-refractivity contribution < 1.29 is 9.18 Å². The SMILES string of the molecule is O=C(NCCc1ccccc1)c1ccc(F)c2ccccc12. The lowest BCUT2D eigenvalue weighted by Crippen LogP contribution is -2.25. The van der Waals surface area contributed by atoms with Crippen LogP contribution in [0.1, 0.15) is 15.9 Å². The van der Waals surface area contributed by atoms with Crippen LogP contribution in [0.25, 0.3) is 10.8 Å². The van der Waals surface area contributed by atoms with Crippen LogP contribution in [0.2, 0.25) is 0 Å². The molecule has 0 bridgehead atoms. The molecule has 110 valence electrons. The normalized spacial score (nSPS) is 10.6. The fourth-order valence-corrected chi connectivity index (χ4v) is 2.52. The maximum Gasteiger partial charge on any atom is 0.251 e. The van der Waals surface area contributed by atoms with Crippen molar-refractivity contribution in [2.45, 2.75) is 6.42 Å². The highest BCUT2D eigenvalue weighted by molar-refractivity contribution is 6.07. The van der Waals surface area contributed by atoms with Crippen molar-refractivity contribution in [1.29, 1.82) is 0 Å². The first-order valence-corrected chi connectivity index (χ1v) is 7.25.